The van der Waals surface area contributed by atoms with Crippen LogP contribution in [0.1, 0.15) is 0 Å². The van der Waals surface area contributed by atoms with Gasteiger partial charge in [-0.3, -0.25) is 4.98 Å². The Morgan fingerprint density at radius 1 is 1.12 bits per heavy atom. The van der Waals surface area contributed by atoms with Crippen molar-refractivity contribution in [3.8, 4) is 11.4 Å². The normalized spacial score (nSPS) is 10.8. The fourth-order valence-electron chi connectivity index (χ4n) is 1.61. The lowest BCUT2D eigenvalue weighted by Gasteiger charge is -2.00. The van der Waals surface area contributed by atoms with E-state index in [-0.39, 0.29) is 5.35 Å². The lowest BCUT2D eigenvalue weighted by Crippen LogP contribution is -1.85. The second-order valence-electron chi connectivity index (χ2n) is 3.28. The van der Waals surface area contributed by atoms with Crippen LogP contribution in [0.4, 0.5) is 0 Å². The van der Waals surface area contributed by atoms with E-state index >= 15 is 0 Å². The van der Waals surface area contributed by atoms with Crippen LogP contribution in [-0.4, -0.2) is 15.1 Å². The molecule has 0 atom stereocenters. The number of hydrogen-bond donors (Lipinski definition) is 0. The van der Waals surface area contributed by atoms with Gasteiger partial charge in [0, 0.05) is 23.3 Å². The van der Waals surface area contributed by atoms with E-state index in [4.69, 9.17) is 16.1 Å². The standard InChI is InChI=1S/C11H6ClN3O/c12-11-14-10(15-16-11)9-6-13-5-7-3-1-2-4-8(7)9/h1-6H. The third-order valence-corrected chi connectivity index (χ3v) is 2.46. The van der Waals surface area contributed by atoms with Crippen LogP contribution in [0.2, 0.25) is 5.35 Å². The highest BCUT2D eigenvalue weighted by atomic mass is 35.5. The minimum atomic E-state index is 0.0305. The van der Waals surface area contributed by atoms with Gasteiger partial charge < -0.3 is 4.52 Å². The summed E-state index contributed by atoms with van der Waals surface area (Å²) in [5.41, 5.74) is 0.814. The second-order valence-corrected chi connectivity index (χ2v) is 3.60. The van der Waals surface area contributed by atoms with Gasteiger partial charge in [-0.05, 0) is 17.0 Å². The van der Waals surface area contributed by atoms with Gasteiger partial charge in [0.25, 0.3) is 0 Å². The molecular formula is C11H6ClN3O. The molecule has 0 fully saturated rings. The van der Waals surface area contributed by atoms with E-state index in [2.05, 4.69) is 15.1 Å². The van der Waals surface area contributed by atoms with Crippen molar-refractivity contribution in [2.75, 3.05) is 0 Å². The van der Waals surface area contributed by atoms with Gasteiger partial charge in [0.15, 0.2) is 0 Å². The molecule has 0 saturated heterocycles. The van der Waals surface area contributed by atoms with E-state index in [9.17, 15) is 0 Å². The zero-order valence-corrected chi connectivity index (χ0v) is 8.85. The number of halogens is 1. The van der Waals surface area contributed by atoms with Gasteiger partial charge in [-0.1, -0.05) is 29.4 Å². The first kappa shape index (κ1) is 9.30. The van der Waals surface area contributed by atoms with Gasteiger partial charge in [0.1, 0.15) is 0 Å². The van der Waals surface area contributed by atoms with Crippen molar-refractivity contribution < 1.29 is 4.52 Å². The molecule has 0 aliphatic rings. The summed E-state index contributed by atoms with van der Waals surface area (Å²) in [7, 11) is 0. The largest absolute Gasteiger partial charge is 0.321 e. The van der Waals surface area contributed by atoms with E-state index in [0.29, 0.717) is 5.82 Å². The van der Waals surface area contributed by atoms with Gasteiger partial charge in [0.05, 0.1) is 0 Å². The van der Waals surface area contributed by atoms with Gasteiger partial charge >= 0.3 is 5.35 Å². The van der Waals surface area contributed by atoms with Crippen LogP contribution in [0.3, 0.4) is 0 Å². The Hall–Kier alpha value is -1.94. The van der Waals surface area contributed by atoms with Crippen molar-refractivity contribution in [2.45, 2.75) is 0 Å². The summed E-state index contributed by atoms with van der Waals surface area (Å²) in [4.78, 5) is 8.11. The van der Waals surface area contributed by atoms with Crippen molar-refractivity contribution >= 4 is 22.4 Å². The van der Waals surface area contributed by atoms with Crippen LogP contribution in [0.15, 0.2) is 41.2 Å². The summed E-state index contributed by atoms with van der Waals surface area (Å²) in [6.07, 6.45) is 3.49. The fraction of sp³-hybridized carbons (Fsp3) is 0. The van der Waals surface area contributed by atoms with E-state index in [0.717, 1.165) is 16.3 Å². The summed E-state index contributed by atoms with van der Waals surface area (Å²) < 4.78 is 4.74. The number of fused-ring (bicyclic) bond motifs is 1. The van der Waals surface area contributed by atoms with E-state index in [1.54, 1.807) is 12.4 Å². The SMILES string of the molecule is Clc1nc(-c2cncc3ccccc23)no1. The summed E-state index contributed by atoms with van der Waals surface area (Å²) >= 11 is 5.60. The summed E-state index contributed by atoms with van der Waals surface area (Å²) in [6.45, 7) is 0. The maximum absolute atomic E-state index is 5.60. The molecule has 16 heavy (non-hydrogen) atoms. The van der Waals surface area contributed by atoms with E-state index < -0.39 is 0 Å². The number of benzene rings is 1. The van der Waals surface area contributed by atoms with E-state index in [1.807, 2.05) is 24.3 Å². The molecular weight excluding hydrogens is 226 g/mol. The molecule has 1 aromatic carbocycles. The monoisotopic (exact) mass is 231 g/mol. The molecule has 78 valence electrons. The van der Waals surface area contributed by atoms with Gasteiger partial charge in [-0.2, -0.15) is 4.98 Å². The Balaban J connectivity index is 2.31. The first-order valence-electron chi connectivity index (χ1n) is 4.67. The van der Waals surface area contributed by atoms with Crippen LogP contribution in [0.25, 0.3) is 22.2 Å². The zero-order chi connectivity index (χ0) is 11.0. The molecule has 0 amide bonds. The van der Waals surface area contributed by atoms with Crippen LogP contribution < -0.4 is 0 Å². The van der Waals surface area contributed by atoms with Crippen molar-refractivity contribution in [3.63, 3.8) is 0 Å². The van der Waals surface area contributed by atoms with Gasteiger partial charge in [-0.25, -0.2) is 0 Å². The molecule has 0 radical (unpaired) electrons. The predicted octanol–water partition coefficient (Wildman–Crippen LogP) is 2.94. The highest BCUT2D eigenvalue weighted by Gasteiger charge is 2.10. The first-order valence-corrected chi connectivity index (χ1v) is 5.05. The number of hydrogen-bond acceptors (Lipinski definition) is 4. The molecule has 0 saturated carbocycles. The van der Waals surface area contributed by atoms with Gasteiger partial charge in [-0.15, -0.1) is 0 Å². The Bertz CT molecular complexity index is 645. The molecule has 2 heterocycles. The molecule has 0 aliphatic heterocycles. The predicted molar refractivity (Wildman–Crippen MR) is 60.0 cm³/mol. The smallest absolute Gasteiger partial charge is 0.320 e. The fourth-order valence-corrected chi connectivity index (χ4v) is 1.72. The van der Waals surface area contributed by atoms with Crippen LogP contribution in [0.5, 0.6) is 0 Å². The Kier molecular flexibility index (Phi) is 2.08. The Morgan fingerprint density at radius 3 is 2.81 bits per heavy atom. The third kappa shape index (κ3) is 1.44. The summed E-state index contributed by atoms with van der Waals surface area (Å²) in [5.74, 6) is 0.453. The molecule has 0 aliphatic carbocycles. The minimum absolute atomic E-state index is 0.0305. The molecule has 0 unspecified atom stereocenters. The van der Waals surface area contributed by atoms with E-state index in [1.165, 1.54) is 0 Å². The van der Waals surface area contributed by atoms with Crippen LogP contribution in [0, 0.1) is 0 Å². The average Bonchev–Trinajstić information content (AvgIpc) is 2.75. The molecule has 0 spiro atoms. The maximum Gasteiger partial charge on any atom is 0.320 e. The number of rotatable bonds is 1. The first-order chi connectivity index (χ1) is 7.84. The molecule has 3 aromatic rings. The van der Waals surface area contributed by atoms with Crippen LogP contribution in [-0.2, 0) is 0 Å². The molecule has 4 nitrogen and oxygen atoms in total. The minimum Gasteiger partial charge on any atom is -0.321 e. The van der Waals surface area contributed by atoms with Crippen LogP contribution >= 0.6 is 11.6 Å². The Morgan fingerprint density at radius 2 is 2.00 bits per heavy atom. The number of nitrogens with zero attached hydrogens (tertiary/aromatic N) is 3. The molecule has 0 N–H and O–H groups in total. The third-order valence-electron chi connectivity index (χ3n) is 2.31. The molecule has 3 rings (SSSR count). The summed E-state index contributed by atoms with van der Waals surface area (Å²) in [6, 6.07) is 7.87. The van der Waals surface area contributed by atoms with Gasteiger partial charge in [0.2, 0.25) is 5.82 Å². The molecule has 5 heteroatoms. The highest BCUT2D eigenvalue weighted by Crippen LogP contribution is 2.25. The quantitative estimate of drug-likeness (QED) is 0.646. The number of pyridine rings is 1. The lowest BCUT2D eigenvalue weighted by molar-refractivity contribution is 0.421. The van der Waals surface area contributed by atoms with Crippen molar-refractivity contribution in [1.29, 1.82) is 0 Å². The second kappa shape index (κ2) is 3.57. The lowest BCUT2D eigenvalue weighted by atomic mass is 10.1. The Labute approximate surface area is 95.9 Å². The van der Waals surface area contributed by atoms with Crippen molar-refractivity contribution in [2.24, 2.45) is 0 Å². The highest BCUT2D eigenvalue weighted by molar-refractivity contribution is 6.27. The zero-order valence-electron chi connectivity index (χ0n) is 8.09. The topological polar surface area (TPSA) is 51.8 Å². The van der Waals surface area contributed by atoms with Crippen molar-refractivity contribution in [3.05, 3.63) is 42.0 Å². The summed E-state index contributed by atoms with van der Waals surface area (Å²) in [5, 5.41) is 5.86. The maximum atomic E-state index is 5.60. The number of aromatic nitrogens is 3. The molecule has 2 aromatic heterocycles. The average molecular weight is 232 g/mol. The van der Waals surface area contributed by atoms with Crippen molar-refractivity contribution in [1.82, 2.24) is 15.1 Å². The molecule has 0 bridgehead atoms.